The number of fused-ring (bicyclic) bond motifs is 2. The van der Waals surface area contributed by atoms with Crippen LogP contribution in [0.25, 0.3) is 0 Å². The lowest BCUT2D eigenvalue weighted by atomic mass is 10.1. The number of hydrogen-bond acceptors (Lipinski definition) is 6. The Labute approximate surface area is 151 Å². The van der Waals surface area contributed by atoms with Crippen molar-refractivity contribution in [2.24, 2.45) is 0 Å². The third-order valence-electron chi connectivity index (χ3n) is 4.75. The zero-order chi connectivity index (χ0) is 17.5. The Hall–Kier alpha value is -3.28. The highest BCUT2D eigenvalue weighted by atomic mass is 16.7. The molecule has 1 unspecified atom stereocenters. The molecule has 2 aliphatic heterocycles. The number of para-hydroxylation sites is 1. The number of anilines is 4. The van der Waals surface area contributed by atoms with E-state index in [0.717, 1.165) is 35.2 Å². The molecule has 5 rings (SSSR count). The van der Waals surface area contributed by atoms with Gasteiger partial charge in [-0.15, -0.1) is 0 Å². The van der Waals surface area contributed by atoms with E-state index in [1.807, 2.05) is 24.3 Å². The van der Waals surface area contributed by atoms with Crippen LogP contribution in [0.15, 0.2) is 54.9 Å². The van der Waals surface area contributed by atoms with Crippen LogP contribution in [-0.2, 0) is 6.42 Å². The minimum absolute atomic E-state index is 0.267. The first-order valence-corrected chi connectivity index (χ1v) is 8.64. The fourth-order valence-electron chi connectivity index (χ4n) is 3.58. The molecule has 0 spiro atoms. The Kier molecular flexibility index (Phi) is 3.41. The summed E-state index contributed by atoms with van der Waals surface area (Å²) in [6, 6.07) is 16.6. The van der Waals surface area contributed by atoms with Gasteiger partial charge in [-0.2, -0.15) is 0 Å². The standard InChI is InChI=1S/C20H18N4O2/c1-13-8-14-4-2-3-5-16(14)24(13)20-10-19(21-11-22-20)23-15-6-7-17-18(9-15)26-12-25-17/h2-7,9-11,13H,8,12H2,1H3,(H,21,22,23). The number of benzene rings is 2. The normalized spacial score (nSPS) is 17.3. The smallest absolute Gasteiger partial charge is 0.231 e. The predicted molar refractivity (Wildman–Crippen MR) is 99.6 cm³/mol. The molecule has 130 valence electrons. The third kappa shape index (κ3) is 2.50. The minimum Gasteiger partial charge on any atom is -0.454 e. The topological polar surface area (TPSA) is 59.5 Å². The highest BCUT2D eigenvalue weighted by molar-refractivity contribution is 5.71. The summed E-state index contributed by atoms with van der Waals surface area (Å²) in [6.07, 6.45) is 2.61. The van der Waals surface area contributed by atoms with E-state index in [1.54, 1.807) is 6.33 Å². The Morgan fingerprint density at radius 1 is 1.04 bits per heavy atom. The van der Waals surface area contributed by atoms with Crippen molar-refractivity contribution in [2.75, 3.05) is 17.0 Å². The van der Waals surface area contributed by atoms with Gasteiger partial charge in [-0.25, -0.2) is 9.97 Å². The molecule has 0 saturated carbocycles. The van der Waals surface area contributed by atoms with Crippen LogP contribution in [0.3, 0.4) is 0 Å². The second-order valence-electron chi connectivity index (χ2n) is 6.51. The maximum atomic E-state index is 5.43. The van der Waals surface area contributed by atoms with Gasteiger partial charge in [0.1, 0.15) is 18.0 Å². The van der Waals surface area contributed by atoms with E-state index < -0.39 is 0 Å². The molecule has 2 aromatic carbocycles. The highest BCUT2D eigenvalue weighted by Gasteiger charge is 2.27. The number of aromatic nitrogens is 2. The second-order valence-corrected chi connectivity index (χ2v) is 6.51. The molecule has 0 bridgehead atoms. The van der Waals surface area contributed by atoms with Crippen LogP contribution in [0.5, 0.6) is 11.5 Å². The average molecular weight is 346 g/mol. The first-order valence-electron chi connectivity index (χ1n) is 8.64. The Morgan fingerprint density at radius 2 is 1.92 bits per heavy atom. The monoisotopic (exact) mass is 346 g/mol. The zero-order valence-corrected chi connectivity index (χ0v) is 14.3. The van der Waals surface area contributed by atoms with Gasteiger partial charge in [0.15, 0.2) is 11.5 Å². The van der Waals surface area contributed by atoms with Crippen LogP contribution < -0.4 is 19.7 Å². The fourth-order valence-corrected chi connectivity index (χ4v) is 3.58. The molecule has 0 fully saturated rings. The van der Waals surface area contributed by atoms with E-state index in [1.165, 1.54) is 11.3 Å². The fraction of sp³-hybridized carbons (Fsp3) is 0.200. The molecule has 6 nitrogen and oxygen atoms in total. The van der Waals surface area contributed by atoms with Crippen molar-refractivity contribution in [3.63, 3.8) is 0 Å². The third-order valence-corrected chi connectivity index (χ3v) is 4.75. The number of nitrogens with zero attached hydrogens (tertiary/aromatic N) is 3. The summed E-state index contributed by atoms with van der Waals surface area (Å²) in [5.74, 6) is 3.14. The van der Waals surface area contributed by atoms with Crippen LogP contribution in [-0.4, -0.2) is 22.8 Å². The van der Waals surface area contributed by atoms with Crippen LogP contribution in [0.4, 0.5) is 23.0 Å². The predicted octanol–water partition coefficient (Wildman–Crippen LogP) is 4.03. The number of hydrogen-bond donors (Lipinski definition) is 1. The van der Waals surface area contributed by atoms with Crippen molar-refractivity contribution in [3.05, 3.63) is 60.4 Å². The van der Waals surface area contributed by atoms with Gasteiger partial charge in [-0.1, -0.05) is 18.2 Å². The largest absolute Gasteiger partial charge is 0.454 e. The van der Waals surface area contributed by atoms with Crippen LogP contribution in [0.2, 0.25) is 0 Å². The van der Waals surface area contributed by atoms with Gasteiger partial charge >= 0.3 is 0 Å². The van der Waals surface area contributed by atoms with E-state index >= 15 is 0 Å². The van der Waals surface area contributed by atoms with Crippen LogP contribution >= 0.6 is 0 Å². The van der Waals surface area contributed by atoms with E-state index in [2.05, 4.69) is 51.4 Å². The van der Waals surface area contributed by atoms with Gasteiger partial charge in [0.2, 0.25) is 6.79 Å². The van der Waals surface area contributed by atoms with Gasteiger partial charge in [0.05, 0.1) is 0 Å². The summed E-state index contributed by atoms with van der Waals surface area (Å²) in [5, 5.41) is 3.32. The Bertz CT molecular complexity index is 976. The lowest BCUT2D eigenvalue weighted by Gasteiger charge is -2.24. The summed E-state index contributed by atoms with van der Waals surface area (Å²) in [5.41, 5.74) is 3.46. The molecule has 3 heterocycles. The van der Waals surface area contributed by atoms with Crippen molar-refractivity contribution in [1.82, 2.24) is 9.97 Å². The highest BCUT2D eigenvalue weighted by Crippen LogP contribution is 2.38. The van der Waals surface area contributed by atoms with Crippen LogP contribution in [0.1, 0.15) is 12.5 Å². The molecule has 0 aliphatic carbocycles. The van der Waals surface area contributed by atoms with Crippen LogP contribution in [0, 0.1) is 0 Å². The molecule has 1 atom stereocenters. The van der Waals surface area contributed by atoms with Gasteiger partial charge < -0.3 is 19.7 Å². The van der Waals surface area contributed by atoms with E-state index in [9.17, 15) is 0 Å². The molecular formula is C20H18N4O2. The number of nitrogens with one attached hydrogen (secondary N) is 1. The molecule has 1 aromatic heterocycles. The van der Waals surface area contributed by atoms with Gasteiger partial charge in [-0.3, -0.25) is 0 Å². The van der Waals surface area contributed by atoms with Crippen molar-refractivity contribution < 1.29 is 9.47 Å². The molecule has 6 heteroatoms. The molecule has 3 aromatic rings. The van der Waals surface area contributed by atoms with Gasteiger partial charge in [0.25, 0.3) is 0 Å². The molecule has 1 N–H and O–H groups in total. The maximum Gasteiger partial charge on any atom is 0.231 e. The summed E-state index contributed by atoms with van der Waals surface area (Å²) in [4.78, 5) is 11.1. The van der Waals surface area contributed by atoms with E-state index in [4.69, 9.17) is 9.47 Å². The number of ether oxygens (including phenoxy) is 2. The average Bonchev–Trinajstić information content (AvgIpc) is 3.24. The first kappa shape index (κ1) is 15.0. The molecule has 26 heavy (non-hydrogen) atoms. The number of rotatable bonds is 3. The Morgan fingerprint density at radius 3 is 2.88 bits per heavy atom. The van der Waals surface area contributed by atoms with E-state index in [0.29, 0.717) is 6.04 Å². The first-order chi connectivity index (χ1) is 12.8. The van der Waals surface area contributed by atoms with Gasteiger partial charge in [0, 0.05) is 29.5 Å². The van der Waals surface area contributed by atoms with Crippen molar-refractivity contribution in [3.8, 4) is 11.5 Å². The SMILES string of the molecule is CC1Cc2ccccc2N1c1cc(Nc2ccc3c(c2)OCO3)ncn1. The lowest BCUT2D eigenvalue weighted by molar-refractivity contribution is 0.174. The lowest BCUT2D eigenvalue weighted by Crippen LogP contribution is -2.24. The molecule has 2 aliphatic rings. The van der Waals surface area contributed by atoms with Crippen molar-refractivity contribution in [2.45, 2.75) is 19.4 Å². The summed E-state index contributed by atoms with van der Waals surface area (Å²) < 4.78 is 10.8. The van der Waals surface area contributed by atoms with Crippen molar-refractivity contribution >= 4 is 23.0 Å². The molecule has 0 radical (unpaired) electrons. The summed E-state index contributed by atoms with van der Waals surface area (Å²) >= 11 is 0. The quantitative estimate of drug-likeness (QED) is 0.773. The molecular weight excluding hydrogens is 328 g/mol. The minimum atomic E-state index is 0.267. The summed E-state index contributed by atoms with van der Waals surface area (Å²) in [7, 11) is 0. The molecule has 0 amide bonds. The molecule has 0 saturated heterocycles. The zero-order valence-electron chi connectivity index (χ0n) is 14.3. The van der Waals surface area contributed by atoms with Crippen molar-refractivity contribution in [1.29, 1.82) is 0 Å². The maximum absolute atomic E-state index is 5.43. The summed E-state index contributed by atoms with van der Waals surface area (Å²) in [6.45, 7) is 2.48. The van der Waals surface area contributed by atoms with E-state index in [-0.39, 0.29) is 6.79 Å². The Balaban J connectivity index is 1.44. The van der Waals surface area contributed by atoms with Gasteiger partial charge in [-0.05, 0) is 37.1 Å². The second kappa shape index (κ2) is 5.91.